The van der Waals surface area contributed by atoms with Crippen LogP contribution in [0.3, 0.4) is 0 Å². The van der Waals surface area contributed by atoms with Crippen molar-refractivity contribution in [2.75, 3.05) is 6.54 Å². The summed E-state index contributed by atoms with van der Waals surface area (Å²) < 4.78 is 24.4. The molecule has 1 aliphatic rings. The topological polar surface area (TPSA) is 41.1 Å². The van der Waals surface area contributed by atoms with Crippen LogP contribution in [0, 0.1) is 0 Å². The van der Waals surface area contributed by atoms with Crippen LogP contribution < -0.4 is 10.6 Å². The van der Waals surface area contributed by atoms with Gasteiger partial charge in [0.1, 0.15) is 0 Å². The Bertz CT molecular complexity index is 453. The maximum atomic E-state index is 12.2. The Balaban J connectivity index is 1.91. The Hall–Kier alpha value is -1.14. The molecule has 2 unspecified atom stereocenters. The van der Waals surface area contributed by atoms with E-state index in [1.54, 1.807) is 24.3 Å². The van der Waals surface area contributed by atoms with E-state index in [1.165, 1.54) is 0 Å². The zero-order valence-corrected chi connectivity index (χ0v) is 12.1. The molecule has 1 heterocycles. The lowest BCUT2D eigenvalue weighted by Gasteiger charge is -2.28. The van der Waals surface area contributed by atoms with E-state index in [0.29, 0.717) is 28.3 Å². The molecule has 1 aromatic rings. The van der Waals surface area contributed by atoms with Crippen LogP contribution in [0.1, 0.15) is 30.1 Å². The Kier molecular flexibility index (Phi) is 5.37. The van der Waals surface area contributed by atoms with E-state index in [4.69, 9.17) is 0 Å². The minimum Gasteiger partial charge on any atom is -0.349 e. The molecule has 0 aromatic heterocycles. The van der Waals surface area contributed by atoms with Crippen LogP contribution >= 0.6 is 11.8 Å². The Labute approximate surface area is 121 Å². The number of carbonyl (C=O) groups excluding carboxylic acids is 1. The lowest BCUT2D eigenvalue weighted by Crippen LogP contribution is -2.46. The number of thioether (sulfide) groups is 1. The number of piperidine rings is 1. The van der Waals surface area contributed by atoms with Gasteiger partial charge in [-0.05, 0) is 50.6 Å². The van der Waals surface area contributed by atoms with E-state index in [-0.39, 0.29) is 11.9 Å². The number of rotatable bonds is 4. The highest BCUT2D eigenvalue weighted by Crippen LogP contribution is 2.25. The summed E-state index contributed by atoms with van der Waals surface area (Å²) in [6.07, 6.45) is 1.82. The van der Waals surface area contributed by atoms with Crippen molar-refractivity contribution >= 4 is 17.7 Å². The van der Waals surface area contributed by atoms with Gasteiger partial charge in [-0.2, -0.15) is 8.78 Å². The highest BCUT2D eigenvalue weighted by molar-refractivity contribution is 7.99. The lowest BCUT2D eigenvalue weighted by molar-refractivity contribution is 0.0925. The standard InChI is InChI=1S/C14H18F2N2OS/c1-9-8-11(6-7-17-9)18-13(19)10-2-4-12(5-3-10)20-14(15)16/h2-5,9,11,14,17H,6-8H2,1H3,(H,18,19). The molecule has 1 amide bonds. The smallest absolute Gasteiger partial charge is 0.288 e. The van der Waals surface area contributed by atoms with E-state index in [1.807, 2.05) is 0 Å². The van der Waals surface area contributed by atoms with Crippen molar-refractivity contribution in [3.63, 3.8) is 0 Å². The van der Waals surface area contributed by atoms with Gasteiger partial charge in [0.05, 0.1) is 0 Å². The molecule has 0 saturated carbocycles. The summed E-state index contributed by atoms with van der Waals surface area (Å²) in [7, 11) is 0. The van der Waals surface area contributed by atoms with Gasteiger partial charge < -0.3 is 10.6 Å². The van der Waals surface area contributed by atoms with E-state index in [2.05, 4.69) is 17.6 Å². The molecule has 0 spiro atoms. The second-order valence-corrected chi connectivity index (χ2v) is 6.02. The fourth-order valence-corrected chi connectivity index (χ4v) is 2.82. The molecular formula is C14H18F2N2OS. The van der Waals surface area contributed by atoms with E-state index >= 15 is 0 Å². The SMILES string of the molecule is CC1CC(NC(=O)c2ccc(SC(F)F)cc2)CCN1. The quantitative estimate of drug-likeness (QED) is 0.840. The molecule has 0 radical (unpaired) electrons. The highest BCUT2D eigenvalue weighted by atomic mass is 32.2. The van der Waals surface area contributed by atoms with Crippen molar-refractivity contribution in [1.29, 1.82) is 0 Å². The fourth-order valence-electron chi connectivity index (χ4n) is 2.32. The fraction of sp³-hybridized carbons (Fsp3) is 0.500. The second-order valence-electron chi connectivity index (χ2n) is 4.95. The number of alkyl halides is 2. The average molecular weight is 300 g/mol. The van der Waals surface area contributed by atoms with Crippen LogP contribution in [-0.2, 0) is 0 Å². The van der Waals surface area contributed by atoms with Crippen molar-refractivity contribution in [2.24, 2.45) is 0 Å². The third-order valence-electron chi connectivity index (χ3n) is 3.30. The molecule has 0 aliphatic carbocycles. The number of benzene rings is 1. The van der Waals surface area contributed by atoms with Gasteiger partial charge in [-0.1, -0.05) is 11.8 Å². The summed E-state index contributed by atoms with van der Waals surface area (Å²) in [5.41, 5.74) is 0.509. The number of halogens is 2. The van der Waals surface area contributed by atoms with E-state index < -0.39 is 5.76 Å². The van der Waals surface area contributed by atoms with Crippen LogP contribution in [0.5, 0.6) is 0 Å². The van der Waals surface area contributed by atoms with Gasteiger partial charge >= 0.3 is 0 Å². The molecule has 2 rings (SSSR count). The van der Waals surface area contributed by atoms with Gasteiger partial charge in [-0.15, -0.1) is 0 Å². The Morgan fingerprint density at radius 2 is 2.10 bits per heavy atom. The molecule has 1 aromatic carbocycles. The molecular weight excluding hydrogens is 282 g/mol. The highest BCUT2D eigenvalue weighted by Gasteiger charge is 2.20. The van der Waals surface area contributed by atoms with Crippen molar-refractivity contribution in [3.05, 3.63) is 29.8 Å². The van der Waals surface area contributed by atoms with Crippen LogP contribution in [0.15, 0.2) is 29.2 Å². The van der Waals surface area contributed by atoms with Gasteiger partial charge in [0.2, 0.25) is 0 Å². The third-order valence-corrected chi connectivity index (χ3v) is 4.02. The van der Waals surface area contributed by atoms with Crippen LogP contribution in [0.4, 0.5) is 8.78 Å². The molecule has 1 aliphatic heterocycles. The first-order chi connectivity index (χ1) is 9.54. The van der Waals surface area contributed by atoms with Crippen LogP contribution in [-0.4, -0.2) is 30.3 Å². The molecule has 1 fully saturated rings. The number of hydrogen-bond acceptors (Lipinski definition) is 3. The predicted molar refractivity (Wildman–Crippen MR) is 76.3 cm³/mol. The molecule has 110 valence electrons. The average Bonchev–Trinajstić information content (AvgIpc) is 2.38. The largest absolute Gasteiger partial charge is 0.349 e. The predicted octanol–water partition coefficient (Wildman–Crippen LogP) is 2.87. The molecule has 6 heteroatoms. The maximum Gasteiger partial charge on any atom is 0.288 e. The first-order valence-electron chi connectivity index (χ1n) is 6.63. The molecule has 3 nitrogen and oxygen atoms in total. The monoisotopic (exact) mass is 300 g/mol. The zero-order valence-electron chi connectivity index (χ0n) is 11.2. The molecule has 20 heavy (non-hydrogen) atoms. The first-order valence-corrected chi connectivity index (χ1v) is 7.51. The number of amides is 1. The van der Waals surface area contributed by atoms with Crippen molar-refractivity contribution in [1.82, 2.24) is 10.6 Å². The first kappa shape index (κ1) is 15.3. The Morgan fingerprint density at radius 1 is 1.40 bits per heavy atom. The third kappa shape index (κ3) is 4.45. The number of hydrogen-bond donors (Lipinski definition) is 2. The van der Waals surface area contributed by atoms with Crippen molar-refractivity contribution in [3.8, 4) is 0 Å². The minimum absolute atomic E-state index is 0.141. The maximum absolute atomic E-state index is 12.2. The van der Waals surface area contributed by atoms with Gasteiger partial charge in [-0.25, -0.2) is 0 Å². The number of carbonyl (C=O) groups is 1. The summed E-state index contributed by atoms with van der Waals surface area (Å²) in [6.45, 7) is 2.99. The Morgan fingerprint density at radius 3 is 2.70 bits per heavy atom. The summed E-state index contributed by atoms with van der Waals surface area (Å²) in [5.74, 6) is -2.58. The summed E-state index contributed by atoms with van der Waals surface area (Å²) >= 11 is 0.481. The minimum atomic E-state index is -2.44. The van der Waals surface area contributed by atoms with Crippen molar-refractivity contribution in [2.45, 2.75) is 42.5 Å². The van der Waals surface area contributed by atoms with Crippen LogP contribution in [0.2, 0.25) is 0 Å². The van der Waals surface area contributed by atoms with Gasteiger partial charge in [0.25, 0.3) is 11.7 Å². The van der Waals surface area contributed by atoms with Crippen molar-refractivity contribution < 1.29 is 13.6 Å². The van der Waals surface area contributed by atoms with E-state index in [0.717, 1.165) is 19.4 Å². The van der Waals surface area contributed by atoms with Gasteiger partial charge in [-0.3, -0.25) is 4.79 Å². The van der Waals surface area contributed by atoms with E-state index in [9.17, 15) is 13.6 Å². The van der Waals surface area contributed by atoms with Gasteiger partial charge in [0, 0.05) is 22.5 Å². The van der Waals surface area contributed by atoms with Crippen LogP contribution in [0.25, 0.3) is 0 Å². The number of nitrogens with one attached hydrogen (secondary N) is 2. The molecule has 2 N–H and O–H groups in total. The lowest BCUT2D eigenvalue weighted by atomic mass is 10.0. The normalized spacial score (nSPS) is 22.8. The second kappa shape index (κ2) is 7.04. The zero-order chi connectivity index (χ0) is 14.5. The molecule has 0 bridgehead atoms. The van der Waals surface area contributed by atoms with Gasteiger partial charge in [0.15, 0.2) is 0 Å². The molecule has 2 atom stereocenters. The molecule has 1 saturated heterocycles. The summed E-state index contributed by atoms with van der Waals surface area (Å²) in [4.78, 5) is 12.5. The summed E-state index contributed by atoms with van der Waals surface area (Å²) in [6, 6.07) is 6.86. The summed E-state index contributed by atoms with van der Waals surface area (Å²) in [5, 5.41) is 6.32.